The molecule has 1 saturated carbocycles. The van der Waals surface area contributed by atoms with Crippen LogP contribution in [0.5, 0.6) is 11.5 Å². The normalized spacial score (nSPS) is 25.6. The first-order valence-electron chi connectivity index (χ1n) is 9.91. The average Bonchev–Trinajstić information content (AvgIpc) is 3.50. The Morgan fingerprint density at radius 3 is 2.82 bits per heavy atom. The van der Waals surface area contributed by atoms with Gasteiger partial charge in [0.1, 0.15) is 23.1 Å². The molecule has 1 saturated heterocycles. The minimum Gasteiger partial charge on any atom is -0.497 e. The molecule has 1 aromatic rings. The summed E-state index contributed by atoms with van der Waals surface area (Å²) < 4.78 is 11.5. The average molecular weight is 386 g/mol. The molecule has 3 aliphatic rings. The Morgan fingerprint density at radius 1 is 1.32 bits per heavy atom. The van der Waals surface area contributed by atoms with Crippen LogP contribution in [0.1, 0.15) is 55.8 Å². The van der Waals surface area contributed by atoms with Crippen LogP contribution in [-0.4, -0.2) is 53.8 Å². The van der Waals surface area contributed by atoms with Crippen molar-refractivity contribution in [1.29, 1.82) is 0 Å². The van der Waals surface area contributed by atoms with Crippen LogP contribution in [0.3, 0.4) is 0 Å². The van der Waals surface area contributed by atoms with Crippen LogP contribution >= 0.6 is 0 Å². The Hall–Kier alpha value is -2.57. The highest BCUT2D eigenvalue weighted by Crippen LogP contribution is 2.41. The second-order valence-electron chi connectivity index (χ2n) is 8.04. The summed E-state index contributed by atoms with van der Waals surface area (Å²) in [7, 11) is 1.57. The molecule has 1 N–H and O–H groups in total. The quantitative estimate of drug-likeness (QED) is 0.856. The molecule has 150 valence electrons. The molecule has 2 amide bonds. The molecule has 2 heterocycles. The van der Waals surface area contributed by atoms with Gasteiger partial charge >= 0.3 is 0 Å². The maximum absolute atomic E-state index is 12.7. The number of rotatable bonds is 4. The van der Waals surface area contributed by atoms with Crippen LogP contribution < -0.4 is 14.8 Å². The first-order chi connectivity index (χ1) is 13.4. The molecule has 2 aliphatic heterocycles. The zero-order chi connectivity index (χ0) is 19.9. The fourth-order valence-electron chi connectivity index (χ4n) is 4.03. The smallest absolute Gasteiger partial charge is 0.242 e. The molecular weight excluding hydrogens is 360 g/mol. The van der Waals surface area contributed by atoms with Gasteiger partial charge < -0.3 is 19.7 Å². The van der Waals surface area contributed by atoms with Gasteiger partial charge in [-0.15, -0.1) is 0 Å². The standard InChI is InChI=1S/C21H26N2O5/c1-13(20(26)22-14-3-4-14)23-10-9-21(8-7-19(23)25)12-17(24)16-6-5-15(27-2)11-18(16)28-21/h5-6,11,13-14H,3-4,7-10,12H2,1-2H3,(H,22,26)/t13-,21+/m0/s1. The van der Waals surface area contributed by atoms with Crippen molar-refractivity contribution in [2.45, 2.75) is 63.1 Å². The monoisotopic (exact) mass is 386 g/mol. The van der Waals surface area contributed by atoms with Crippen LogP contribution in [0.2, 0.25) is 0 Å². The Kier molecular flexibility index (Phi) is 4.77. The van der Waals surface area contributed by atoms with Gasteiger partial charge in [0, 0.05) is 31.5 Å². The van der Waals surface area contributed by atoms with E-state index in [4.69, 9.17) is 9.47 Å². The topological polar surface area (TPSA) is 84.9 Å². The fourth-order valence-corrected chi connectivity index (χ4v) is 4.03. The summed E-state index contributed by atoms with van der Waals surface area (Å²) in [4.78, 5) is 39.4. The lowest BCUT2D eigenvalue weighted by molar-refractivity contribution is -0.139. The molecule has 1 spiro atoms. The lowest BCUT2D eigenvalue weighted by atomic mass is 9.84. The molecule has 4 rings (SSSR count). The van der Waals surface area contributed by atoms with E-state index in [1.165, 1.54) is 0 Å². The maximum atomic E-state index is 12.7. The van der Waals surface area contributed by atoms with Crippen molar-refractivity contribution in [3.63, 3.8) is 0 Å². The van der Waals surface area contributed by atoms with Crippen molar-refractivity contribution in [3.8, 4) is 11.5 Å². The minimum atomic E-state index is -0.715. The molecule has 2 fully saturated rings. The SMILES string of the molecule is COc1ccc2c(c1)O[C@@]1(CCC(=O)N([C@@H](C)C(=O)NC3CC3)CC1)CC2=O. The number of nitrogens with one attached hydrogen (secondary N) is 1. The zero-order valence-electron chi connectivity index (χ0n) is 16.3. The van der Waals surface area contributed by atoms with Gasteiger partial charge in [0.2, 0.25) is 11.8 Å². The number of methoxy groups -OCH3 is 1. The van der Waals surface area contributed by atoms with E-state index in [0.29, 0.717) is 36.4 Å². The van der Waals surface area contributed by atoms with E-state index in [9.17, 15) is 14.4 Å². The van der Waals surface area contributed by atoms with Crippen LogP contribution in [0.25, 0.3) is 0 Å². The van der Waals surface area contributed by atoms with Crippen molar-refractivity contribution in [1.82, 2.24) is 10.2 Å². The molecule has 0 aromatic heterocycles. The van der Waals surface area contributed by atoms with E-state index >= 15 is 0 Å². The Labute approximate surface area is 164 Å². The van der Waals surface area contributed by atoms with E-state index in [0.717, 1.165) is 12.8 Å². The second kappa shape index (κ2) is 7.11. The number of benzene rings is 1. The first-order valence-corrected chi connectivity index (χ1v) is 9.91. The van der Waals surface area contributed by atoms with Crippen molar-refractivity contribution in [2.75, 3.05) is 13.7 Å². The number of amides is 2. The minimum absolute atomic E-state index is 0.0179. The van der Waals surface area contributed by atoms with Crippen LogP contribution in [0, 0.1) is 0 Å². The maximum Gasteiger partial charge on any atom is 0.242 e. The highest BCUT2D eigenvalue weighted by atomic mass is 16.5. The molecular formula is C21H26N2O5. The van der Waals surface area contributed by atoms with Gasteiger partial charge in [-0.25, -0.2) is 0 Å². The summed E-state index contributed by atoms with van der Waals surface area (Å²) >= 11 is 0. The van der Waals surface area contributed by atoms with Gasteiger partial charge in [-0.05, 0) is 38.3 Å². The number of likely N-dealkylation sites (tertiary alicyclic amines) is 1. The molecule has 1 aliphatic carbocycles. The van der Waals surface area contributed by atoms with E-state index in [1.807, 2.05) is 0 Å². The summed E-state index contributed by atoms with van der Waals surface area (Å²) in [6.07, 6.45) is 3.50. The van der Waals surface area contributed by atoms with Crippen LogP contribution in [-0.2, 0) is 9.59 Å². The van der Waals surface area contributed by atoms with Gasteiger partial charge in [-0.2, -0.15) is 0 Å². The Morgan fingerprint density at radius 2 is 2.11 bits per heavy atom. The van der Waals surface area contributed by atoms with Crippen LogP contribution in [0.15, 0.2) is 18.2 Å². The Balaban J connectivity index is 1.51. The highest BCUT2D eigenvalue weighted by Gasteiger charge is 2.44. The van der Waals surface area contributed by atoms with Crippen molar-refractivity contribution in [2.24, 2.45) is 0 Å². The summed E-state index contributed by atoms with van der Waals surface area (Å²) in [5.74, 6) is 0.978. The van der Waals surface area contributed by atoms with Crippen molar-refractivity contribution >= 4 is 17.6 Å². The number of ether oxygens (including phenoxy) is 2. The van der Waals surface area contributed by atoms with E-state index < -0.39 is 11.6 Å². The second-order valence-corrected chi connectivity index (χ2v) is 8.04. The molecule has 0 unspecified atom stereocenters. The van der Waals surface area contributed by atoms with Gasteiger partial charge in [0.05, 0.1) is 19.1 Å². The summed E-state index contributed by atoms with van der Waals surface area (Å²) in [6.45, 7) is 2.16. The van der Waals surface area contributed by atoms with Gasteiger partial charge in [-0.1, -0.05) is 0 Å². The van der Waals surface area contributed by atoms with Crippen LogP contribution in [0.4, 0.5) is 0 Å². The van der Waals surface area contributed by atoms with Gasteiger partial charge in [0.15, 0.2) is 5.78 Å². The molecule has 0 radical (unpaired) electrons. The Bertz CT molecular complexity index is 819. The summed E-state index contributed by atoms with van der Waals surface area (Å²) in [5, 5.41) is 2.96. The number of fused-ring (bicyclic) bond motifs is 1. The highest BCUT2D eigenvalue weighted by molar-refractivity contribution is 6.00. The molecule has 7 heteroatoms. The largest absolute Gasteiger partial charge is 0.497 e. The van der Waals surface area contributed by atoms with Crippen molar-refractivity contribution < 1.29 is 23.9 Å². The molecule has 0 bridgehead atoms. The molecule has 1 aromatic carbocycles. The van der Waals surface area contributed by atoms with E-state index in [1.54, 1.807) is 37.1 Å². The number of nitrogens with zero attached hydrogens (tertiary/aromatic N) is 1. The zero-order valence-corrected chi connectivity index (χ0v) is 16.3. The fraction of sp³-hybridized carbons (Fsp3) is 0.571. The molecule has 28 heavy (non-hydrogen) atoms. The third-order valence-electron chi connectivity index (χ3n) is 5.99. The van der Waals surface area contributed by atoms with Gasteiger partial charge in [0.25, 0.3) is 0 Å². The summed E-state index contributed by atoms with van der Waals surface area (Å²) in [5.41, 5.74) is -0.163. The number of carbonyl (C=O) groups excluding carboxylic acids is 3. The lowest BCUT2D eigenvalue weighted by Crippen LogP contribution is -2.49. The number of Topliss-reactive ketones (excluding diaryl/α,β-unsaturated/α-hetero) is 1. The number of hydrogen-bond acceptors (Lipinski definition) is 5. The number of carbonyl (C=O) groups is 3. The molecule has 7 nitrogen and oxygen atoms in total. The third kappa shape index (κ3) is 3.57. The lowest BCUT2D eigenvalue weighted by Gasteiger charge is -2.37. The van der Waals surface area contributed by atoms with E-state index in [2.05, 4.69) is 5.32 Å². The third-order valence-corrected chi connectivity index (χ3v) is 5.99. The first kappa shape index (κ1) is 18.8. The predicted octanol–water partition coefficient (Wildman–Crippen LogP) is 2.08. The van der Waals surface area contributed by atoms with E-state index in [-0.39, 0.29) is 36.5 Å². The number of hydrogen-bond donors (Lipinski definition) is 1. The molecule has 2 atom stereocenters. The predicted molar refractivity (Wildman–Crippen MR) is 101 cm³/mol. The number of ketones is 1. The van der Waals surface area contributed by atoms with Gasteiger partial charge in [-0.3, -0.25) is 14.4 Å². The van der Waals surface area contributed by atoms with Crippen molar-refractivity contribution in [3.05, 3.63) is 23.8 Å². The summed E-state index contributed by atoms with van der Waals surface area (Å²) in [6, 6.07) is 4.94.